The highest BCUT2D eigenvalue weighted by molar-refractivity contribution is 6.03. The number of ether oxygens (including phenoxy) is 1. The number of nitrogens with zero attached hydrogens (tertiary/aromatic N) is 2. The molecule has 1 unspecified atom stereocenters. The molecule has 2 amide bonds. The molecule has 8 nitrogen and oxygen atoms in total. The van der Waals surface area contributed by atoms with Gasteiger partial charge in [0.15, 0.2) is 5.54 Å². The molecule has 164 valence electrons. The zero-order valence-corrected chi connectivity index (χ0v) is 16.4. The molecular weight excluding hydrogens is 417 g/mol. The summed E-state index contributed by atoms with van der Waals surface area (Å²) >= 11 is 0. The Morgan fingerprint density at radius 2 is 2.03 bits per heavy atom. The third-order valence-electron chi connectivity index (χ3n) is 4.66. The number of amides is 2. The average molecular weight is 436 g/mol. The van der Waals surface area contributed by atoms with Crippen molar-refractivity contribution in [2.24, 2.45) is 4.99 Å². The van der Waals surface area contributed by atoms with E-state index >= 15 is 0 Å². The minimum Gasteiger partial charge on any atom is -0.465 e. The summed E-state index contributed by atoms with van der Waals surface area (Å²) in [6.07, 6.45) is -2.45. The maximum Gasteiger partial charge on any atom is 0.410 e. The third kappa shape index (κ3) is 4.82. The van der Waals surface area contributed by atoms with Crippen LogP contribution in [0.5, 0.6) is 0 Å². The number of alkyl halides is 2. The van der Waals surface area contributed by atoms with Gasteiger partial charge in [0.1, 0.15) is 24.0 Å². The monoisotopic (exact) mass is 436 g/mol. The fourth-order valence-corrected chi connectivity index (χ4v) is 3.06. The summed E-state index contributed by atoms with van der Waals surface area (Å²) in [5.74, 6) is -2.00. The number of hydrogen-bond acceptors (Lipinski definition) is 5. The molecule has 0 spiro atoms. The number of aromatic nitrogens is 1. The summed E-state index contributed by atoms with van der Waals surface area (Å²) < 4.78 is 47.8. The van der Waals surface area contributed by atoms with Crippen LogP contribution in [0.2, 0.25) is 0 Å². The molecule has 1 aromatic heterocycles. The molecule has 11 heteroatoms. The number of carbonyl (C=O) groups excluding carboxylic acids is 1. The second-order valence-corrected chi connectivity index (χ2v) is 6.76. The van der Waals surface area contributed by atoms with Crippen molar-refractivity contribution in [1.29, 1.82) is 0 Å². The number of nitrogens with one attached hydrogen (secondary N) is 2. The van der Waals surface area contributed by atoms with Gasteiger partial charge in [-0.25, -0.2) is 23.0 Å². The number of benzene rings is 1. The average Bonchev–Trinajstić information content (AvgIpc) is 2.74. The molecule has 31 heavy (non-hydrogen) atoms. The maximum absolute atomic E-state index is 14.6. The smallest absolute Gasteiger partial charge is 0.410 e. The van der Waals surface area contributed by atoms with Crippen LogP contribution < -0.4 is 10.6 Å². The molecular formula is C20H19F3N4O4. The number of aryl methyl sites for hydroxylation is 1. The van der Waals surface area contributed by atoms with Gasteiger partial charge in [-0.3, -0.25) is 15.1 Å². The molecule has 0 bridgehead atoms. The third-order valence-corrected chi connectivity index (χ3v) is 4.66. The van der Waals surface area contributed by atoms with Crippen LogP contribution in [0.15, 0.2) is 41.5 Å². The highest BCUT2D eigenvalue weighted by atomic mass is 19.3. The topological polar surface area (TPSA) is 113 Å². The van der Waals surface area contributed by atoms with Gasteiger partial charge in [-0.05, 0) is 36.2 Å². The first kappa shape index (κ1) is 22.2. The van der Waals surface area contributed by atoms with Gasteiger partial charge in [0.25, 0.3) is 12.3 Å². The molecule has 0 saturated heterocycles. The Balaban J connectivity index is 1.94. The second-order valence-electron chi connectivity index (χ2n) is 6.76. The van der Waals surface area contributed by atoms with Crippen LogP contribution in [-0.2, 0) is 16.7 Å². The Morgan fingerprint density at radius 3 is 2.65 bits per heavy atom. The van der Waals surface area contributed by atoms with Gasteiger partial charge in [-0.1, -0.05) is 13.0 Å². The van der Waals surface area contributed by atoms with E-state index in [2.05, 4.69) is 15.3 Å². The van der Waals surface area contributed by atoms with E-state index in [1.165, 1.54) is 12.1 Å². The largest absolute Gasteiger partial charge is 0.465 e. The lowest BCUT2D eigenvalue weighted by Gasteiger charge is -2.34. The van der Waals surface area contributed by atoms with Crippen LogP contribution >= 0.6 is 0 Å². The number of rotatable bonds is 5. The van der Waals surface area contributed by atoms with Crippen LogP contribution in [0.4, 0.5) is 23.7 Å². The molecule has 0 fully saturated rings. The zero-order chi connectivity index (χ0) is 22.6. The van der Waals surface area contributed by atoms with Gasteiger partial charge in [0.2, 0.25) is 0 Å². The lowest BCUT2D eigenvalue weighted by atomic mass is 9.90. The number of carboxylic acid groups (broad SMARTS) is 1. The van der Waals surface area contributed by atoms with Crippen molar-refractivity contribution in [3.63, 3.8) is 0 Å². The Morgan fingerprint density at radius 1 is 1.26 bits per heavy atom. The first-order chi connectivity index (χ1) is 14.7. The minimum atomic E-state index is -3.22. The minimum absolute atomic E-state index is 0.0383. The Hall–Kier alpha value is -3.47. The number of aliphatic imine (C=N–C) groups is 1. The SMILES string of the molecule is CCc1ccc(C(=O)Nc2ccc(F)c(C3(C(F)F)COCC(NC(=O)O)=N3)c2)nc1. The van der Waals surface area contributed by atoms with Crippen molar-refractivity contribution in [3.8, 4) is 0 Å². The molecule has 0 aliphatic carbocycles. The van der Waals surface area contributed by atoms with Crippen LogP contribution in [-0.4, -0.2) is 47.6 Å². The van der Waals surface area contributed by atoms with Crippen molar-refractivity contribution in [3.05, 3.63) is 59.2 Å². The Bertz CT molecular complexity index is 1010. The van der Waals surface area contributed by atoms with Gasteiger partial charge in [-0.15, -0.1) is 0 Å². The van der Waals surface area contributed by atoms with E-state index in [4.69, 9.17) is 9.84 Å². The van der Waals surface area contributed by atoms with Gasteiger partial charge < -0.3 is 15.2 Å². The predicted octanol–water partition coefficient (Wildman–Crippen LogP) is 3.19. The number of halogens is 3. The van der Waals surface area contributed by atoms with Gasteiger partial charge >= 0.3 is 6.09 Å². The molecule has 1 aromatic carbocycles. The second kappa shape index (κ2) is 9.13. The summed E-state index contributed by atoms with van der Waals surface area (Å²) in [7, 11) is 0. The highest BCUT2D eigenvalue weighted by Gasteiger charge is 2.46. The quantitative estimate of drug-likeness (QED) is 0.666. The number of amidine groups is 1. The molecule has 0 saturated carbocycles. The van der Waals surface area contributed by atoms with Gasteiger partial charge in [0, 0.05) is 17.4 Å². The van der Waals surface area contributed by atoms with Crippen molar-refractivity contribution in [1.82, 2.24) is 10.3 Å². The lowest BCUT2D eigenvalue weighted by molar-refractivity contribution is -0.0151. The highest BCUT2D eigenvalue weighted by Crippen LogP contribution is 2.38. The first-order valence-corrected chi connectivity index (χ1v) is 9.26. The van der Waals surface area contributed by atoms with Crippen molar-refractivity contribution in [2.75, 3.05) is 18.5 Å². The van der Waals surface area contributed by atoms with E-state index in [1.54, 1.807) is 12.3 Å². The summed E-state index contributed by atoms with van der Waals surface area (Å²) in [5, 5.41) is 13.2. The molecule has 0 radical (unpaired) electrons. The standard InChI is InChI=1S/C20H19F3N4O4/c1-2-11-3-6-15(24-8-11)17(28)25-12-4-5-14(21)13(7-12)20(18(22)23)10-31-9-16(27-20)26-19(29)30/h3-8,18H,2,9-10H2,1H3,(H,25,28)(H,26,27)(H,29,30). The van der Waals surface area contributed by atoms with E-state index in [9.17, 15) is 22.8 Å². The Kier molecular flexibility index (Phi) is 6.54. The van der Waals surface area contributed by atoms with Crippen molar-refractivity contribution >= 4 is 23.5 Å². The summed E-state index contributed by atoms with van der Waals surface area (Å²) in [6.45, 7) is 0.909. The molecule has 3 N–H and O–H groups in total. The number of hydrogen-bond donors (Lipinski definition) is 3. The van der Waals surface area contributed by atoms with Crippen LogP contribution in [0.25, 0.3) is 0 Å². The van der Waals surface area contributed by atoms with Crippen LogP contribution in [0, 0.1) is 5.82 Å². The Labute approximate surface area is 175 Å². The van der Waals surface area contributed by atoms with Crippen LogP contribution in [0.1, 0.15) is 28.5 Å². The number of carbonyl (C=O) groups is 2. The summed E-state index contributed by atoms with van der Waals surface area (Å²) in [6, 6.07) is 6.39. The number of pyridine rings is 1. The van der Waals surface area contributed by atoms with Gasteiger partial charge in [-0.2, -0.15) is 0 Å². The van der Waals surface area contributed by atoms with E-state index in [0.29, 0.717) is 0 Å². The molecule has 2 aromatic rings. The lowest BCUT2D eigenvalue weighted by Crippen LogP contribution is -2.47. The zero-order valence-electron chi connectivity index (χ0n) is 16.4. The maximum atomic E-state index is 14.6. The number of anilines is 1. The molecule has 3 rings (SSSR count). The van der Waals surface area contributed by atoms with Gasteiger partial charge in [0.05, 0.1) is 6.61 Å². The van der Waals surface area contributed by atoms with E-state index in [1.807, 2.05) is 12.2 Å². The summed E-state index contributed by atoms with van der Waals surface area (Å²) in [5.41, 5.74) is -1.96. The molecule has 1 atom stereocenters. The fraction of sp³-hybridized carbons (Fsp3) is 0.300. The van der Waals surface area contributed by atoms with E-state index < -0.39 is 42.0 Å². The predicted molar refractivity (Wildman–Crippen MR) is 105 cm³/mol. The molecule has 1 aliphatic heterocycles. The fourth-order valence-electron chi connectivity index (χ4n) is 3.06. The van der Waals surface area contributed by atoms with E-state index in [-0.39, 0.29) is 23.8 Å². The normalized spacial score (nSPS) is 18.4. The van der Waals surface area contributed by atoms with Crippen molar-refractivity contribution in [2.45, 2.75) is 25.3 Å². The molecule has 1 aliphatic rings. The van der Waals surface area contributed by atoms with E-state index in [0.717, 1.165) is 24.1 Å². The van der Waals surface area contributed by atoms with Crippen molar-refractivity contribution < 1.29 is 32.6 Å². The van der Waals surface area contributed by atoms with Crippen LogP contribution in [0.3, 0.4) is 0 Å². The first-order valence-electron chi connectivity index (χ1n) is 9.26. The summed E-state index contributed by atoms with van der Waals surface area (Å²) in [4.78, 5) is 31.1. The molecule has 2 heterocycles.